The van der Waals surface area contributed by atoms with E-state index in [4.69, 9.17) is 4.74 Å². The van der Waals surface area contributed by atoms with Gasteiger partial charge in [-0.1, -0.05) is 12.1 Å². The summed E-state index contributed by atoms with van der Waals surface area (Å²) in [6.07, 6.45) is 0.607. The summed E-state index contributed by atoms with van der Waals surface area (Å²) in [6, 6.07) is 4.78. The number of likely N-dealkylation sites (tertiary alicyclic amines) is 1. The molecule has 0 spiro atoms. The summed E-state index contributed by atoms with van der Waals surface area (Å²) < 4.78 is 5.26. The Kier molecular flexibility index (Phi) is 4.94. The van der Waals surface area contributed by atoms with Crippen LogP contribution in [0.15, 0.2) is 24.5 Å². The summed E-state index contributed by atoms with van der Waals surface area (Å²) in [5.41, 5.74) is 2.19. The van der Waals surface area contributed by atoms with E-state index in [1.54, 1.807) is 13.0 Å². The zero-order valence-corrected chi connectivity index (χ0v) is 14.9. The number of aliphatic hydroxyl groups excluding tert-OH is 1. The second kappa shape index (κ2) is 7.17. The highest BCUT2D eigenvalue weighted by Gasteiger charge is 2.36. The molecule has 2 amide bonds. The van der Waals surface area contributed by atoms with Crippen molar-refractivity contribution in [3.63, 3.8) is 0 Å². The Hall–Kier alpha value is -2.87. The number of carbonyl (C=O) groups excluding carboxylic acids is 2. The van der Waals surface area contributed by atoms with E-state index in [9.17, 15) is 14.7 Å². The van der Waals surface area contributed by atoms with Gasteiger partial charge in [-0.15, -0.1) is 0 Å². The molecule has 0 aliphatic carbocycles. The number of imidazole rings is 1. The molecule has 0 unspecified atom stereocenters. The molecule has 2 aromatic rings. The first-order chi connectivity index (χ1) is 12.4. The molecule has 1 aliphatic heterocycles. The van der Waals surface area contributed by atoms with E-state index in [1.807, 2.05) is 19.1 Å². The number of methoxy groups -OCH3 is 1. The highest BCUT2D eigenvalue weighted by Crippen LogP contribution is 2.22. The summed E-state index contributed by atoms with van der Waals surface area (Å²) in [5.74, 6) is -0.141. The average Bonchev–Trinajstić information content (AvgIpc) is 3.20. The molecule has 8 heteroatoms. The minimum absolute atomic E-state index is 0.140. The van der Waals surface area contributed by atoms with Crippen LogP contribution in [0, 0.1) is 13.8 Å². The minimum atomic E-state index is -0.850. The molecule has 1 saturated heterocycles. The number of aryl methyl sites for hydroxylation is 2. The molecule has 1 fully saturated rings. The van der Waals surface area contributed by atoms with Gasteiger partial charge in [0.2, 0.25) is 0 Å². The van der Waals surface area contributed by atoms with Crippen molar-refractivity contribution in [1.29, 1.82) is 0 Å². The number of nitrogens with zero attached hydrogens (tertiary/aromatic N) is 2. The maximum Gasteiger partial charge on any atom is 0.274 e. The molecule has 1 aliphatic rings. The van der Waals surface area contributed by atoms with Crippen LogP contribution in [0.3, 0.4) is 0 Å². The van der Waals surface area contributed by atoms with Crippen molar-refractivity contribution in [3.8, 4) is 5.75 Å². The molecular weight excluding hydrogens is 336 g/mol. The van der Waals surface area contributed by atoms with Crippen LogP contribution in [-0.4, -0.2) is 64.1 Å². The van der Waals surface area contributed by atoms with Gasteiger partial charge in [-0.25, -0.2) is 4.98 Å². The molecule has 0 saturated carbocycles. The third-order valence-electron chi connectivity index (χ3n) is 4.61. The molecule has 0 bridgehead atoms. The predicted molar refractivity (Wildman–Crippen MR) is 94.2 cm³/mol. The van der Waals surface area contributed by atoms with E-state index < -0.39 is 12.1 Å². The van der Waals surface area contributed by atoms with Crippen molar-refractivity contribution in [1.82, 2.24) is 20.2 Å². The largest absolute Gasteiger partial charge is 0.496 e. The van der Waals surface area contributed by atoms with Gasteiger partial charge in [0.05, 0.1) is 31.1 Å². The number of aromatic amines is 1. The van der Waals surface area contributed by atoms with Crippen molar-refractivity contribution >= 4 is 11.8 Å². The molecule has 138 valence electrons. The monoisotopic (exact) mass is 358 g/mol. The fraction of sp³-hybridized carbons (Fsp3) is 0.389. The maximum atomic E-state index is 12.7. The van der Waals surface area contributed by atoms with E-state index in [0.29, 0.717) is 22.7 Å². The lowest BCUT2D eigenvalue weighted by Crippen LogP contribution is -2.43. The number of hydrogen-bond acceptors (Lipinski definition) is 5. The van der Waals surface area contributed by atoms with Crippen LogP contribution >= 0.6 is 0 Å². The van der Waals surface area contributed by atoms with Crippen LogP contribution in [0.2, 0.25) is 0 Å². The van der Waals surface area contributed by atoms with E-state index >= 15 is 0 Å². The summed E-state index contributed by atoms with van der Waals surface area (Å²) >= 11 is 0. The van der Waals surface area contributed by atoms with Gasteiger partial charge in [-0.05, 0) is 25.5 Å². The molecule has 0 radical (unpaired) electrons. The number of amides is 2. The number of H-pyrrole nitrogens is 1. The molecule has 8 nitrogen and oxygen atoms in total. The Balaban J connectivity index is 1.72. The van der Waals surface area contributed by atoms with Crippen molar-refractivity contribution < 1.29 is 19.4 Å². The first-order valence-electron chi connectivity index (χ1n) is 8.34. The zero-order chi connectivity index (χ0) is 18.8. The first-order valence-corrected chi connectivity index (χ1v) is 8.34. The second-order valence-electron chi connectivity index (χ2n) is 6.39. The van der Waals surface area contributed by atoms with Crippen LogP contribution < -0.4 is 10.1 Å². The van der Waals surface area contributed by atoms with E-state index in [1.165, 1.54) is 18.3 Å². The molecule has 1 aromatic carbocycles. The van der Waals surface area contributed by atoms with E-state index in [-0.39, 0.29) is 24.9 Å². The number of aliphatic hydroxyl groups is 1. The third kappa shape index (κ3) is 3.28. The second-order valence-corrected chi connectivity index (χ2v) is 6.39. The minimum Gasteiger partial charge on any atom is -0.496 e. The van der Waals surface area contributed by atoms with E-state index in [0.717, 1.165) is 5.56 Å². The summed E-state index contributed by atoms with van der Waals surface area (Å²) in [4.78, 5) is 33.6. The Labute approximate surface area is 151 Å². The first kappa shape index (κ1) is 17.9. The SMILES string of the molecule is COc1cccc(C)c1C(=O)N[C@@H]1CN(C(=O)c2nc[nH]c2C)C[C@H]1O. The van der Waals surface area contributed by atoms with Gasteiger partial charge < -0.3 is 25.0 Å². The molecule has 2 atom stereocenters. The Bertz CT molecular complexity index is 832. The average molecular weight is 358 g/mol. The number of benzene rings is 1. The molecule has 3 N–H and O–H groups in total. The summed E-state index contributed by atoms with van der Waals surface area (Å²) in [6.45, 7) is 3.93. The van der Waals surface area contributed by atoms with Gasteiger partial charge >= 0.3 is 0 Å². The highest BCUT2D eigenvalue weighted by atomic mass is 16.5. The molecule has 26 heavy (non-hydrogen) atoms. The third-order valence-corrected chi connectivity index (χ3v) is 4.61. The van der Waals surface area contributed by atoms with Crippen LogP contribution in [0.4, 0.5) is 0 Å². The lowest BCUT2D eigenvalue weighted by molar-refractivity contribution is 0.0759. The maximum absolute atomic E-state index is 12.7. The molecule has 2 heterocycles. The van der Waals surface area contributed by atoms with Gasteiger partial charge in [0.25, 0.3) is 11.8 Å². The quantitative estimate of drug-likeness (QED) is 0.744. The molecular formula is C18H22N4O4. The fourth-order valence-electron chi connectivity index (χ4n) is 3.16. The van der Waals surface area contributed by atoms with Crippen LogP contribution in [0.1, 0.15) is 32.1 Å². The van der Waals surface area contributed by atoms with Gasteiger partial charge in [0.1, 0.15) is 11.4 Å². The number of nitrogens with one attached hydrogen (secondary N) is 2. The van der Waals surface area contributed by atoms with E-state index in [2.05, 4.69) is 15.3 Å². The summed E-state index contributed by atoms with van der Waals surface area (Å²) in [5, 5.41) is 13.1. The lowest BCUT2D eigenvalue weighted by atomic mass is 10.1. The normalized spacial score (nSPS) is 19.5. The zero-order valence-electron chi connectivity index (χ0n) is 14.9. The Morgan fingerprint density at radius 2 is 2.12 bits per heavy atom. The van der Waals surface area contributed by atoms with Crippen LogP contribution in [0.5, 0.6) is 5.75 Å². The van der Waals surface area contributed by atoms with Crippen molar-refractivity contribution in [2.75, 3.05) is 20.2 Å². The number of ether oxygens (including phenoxy) is 1. The number of β-amino-alcohol motifs (C(OH)–C–C–N with tert-alkyl or cyclic N) is 1. The molecule has 1 aromatic heterocycles. The van der Waals surface area contributed by atoms with Crippen molar-refractivity contribution in [2.45, 2.75) is 26.0 Å². The number of aromatic nitrogens is 2. The highest BCUT2D eigenvalue weighted by molar-refractivity contribution is 5.99. The van der Waals surface area contributed by atoms with Crippen molar-refractivity contribution in [2.24, 2.45) is 0 Å². The van der Waals surface area contributed by atoms with Gasteiger partial charge in [0.15, 0.2) is 0 Å². The smallest absolute Gasteiger partial charge is 0.274 e. The summed E-state index contributed by atoms with van der Waals surface area (Å²) in [7, 11) is 1.50. The number of carbonyl (C=O) groups is 2. The van der Waals surface area contributed by atoms with Crippen LogP contribution in [-0.2, 0) is 0 Å². The topological polar surface area (TPSA) is 108 Å². The Morgan fingerprint density at radius 1 is 1.35 bits per heavy atom. The van der Waals surface area contributed by atoms with Gasteiger partial charge in [0, 0.05) is 18.8 Å². The van der Waals surface area contributed by atoms with Crippen LogP contribution in [0.25, 0.3) is 0 Å². The molecule has 3 rings (SSSR count). The number of hydrogen-bond donors (Lipinski definition) is 3. The lowest BCUT2D eigenvalue weighted by Gasteiger charge is -2.18. The number of rotatable bonds is 4. The standard InChI is InChI=1S/C18H22N4O4/c1-10-5-4-6-14(26-3)15(10)17(24)21-12-7-22(8-13(12)23)18(25)16-11(2)19-9-20-16/h4-6,9,12-13,23H,7-8H2,1-3H3,(H,19,20)(H,21,24)/t12-,13-/m1/s1. The fourth-order valence-corrected chi connectivity index (χ4v) is 3.16. The van der Waals surface area contributed by atoms with Gasteiger partial charge in [-0.2, -0.15) is 0 Å². The predicted octanol–water partition coefficient (Wildman–Crippen LogP) is 0.650. The van der Waals surface area contributed by atoms with Gasteiger partial charge in [-0.3, -0.25) is 9.59 Å². The van der Waals surface area contributed by atoms with Crippen molar-refractivity contribution in [3.05, 3.63) is 47.0 Å². The Morgan fingerprint density at radius 3 is 2.77 bits per heavy atom.